The molecule has 4 saturated heterocycles. The predicted octanol–water partition coefficient (Wildman–Crippen LogP) is 1.25. The Balaban J connectivity index is 0.991. The van der Waals surface area contributed by atoms with E-state index in [1.54, 1.807) is 115 Å². The molecule has 4 aromatic rings. The first-order valence-corrected chi connectivity index (χ1v) is 41.4. The molecule has 0 radical (unpaired) electrons. The highest BCUT2D eigenvalue weighted by molar-refractivity contribution is 7.98. The Morgan fingerprint density at radius 1 is 0.424 bits per heavy atom. The van der Waals surface area contributed by atoms with Gasteiger partial charge >= 0.3 is 18.2 Å². The van der Waals surface area contributed by atoms with E-state index in [0.717, 1.165) is 5.56 Å². The first-order valence-electron chi connectivity index (χ1n) is 40.0. The van der Waals surface area contributed by atoms with Crippen molar-refractivity contribution < 1.29 is 86.1 Å². The summed E-state index contributed by atoms with van der Waals surface area (Å²) in [5.41, 5.74) is 25.0. The zero-order valence-electron chi connectivity index (χ0n) is 66.7. The third kappa shape index (κ3) is 28.5. The maximum atomic E-state index is 15.2. The van der Waals surface area contributed by atoms with Gasteiger partial charge in [-0.3, -0.25) is 62.5 Å². The van der Waals surface area contributed by atoms with Gasteiger partial charge in [0.15, 0.2) is 5.96 Å². The van der Waals surface area contributed by atoms with E-state index in [0.29, 0.717) is 48.1 Å². The lowest BCUT2D eigenvalue weighted by atomic mass is 10.0. The maximum Gasteiger partial charge on any atom is 0.408 e. The van der Waals surface area contributed by atoms with Gasteiger partial charge in [0.2, 0.25) is 70.9 Å². The standard InChI is InChI=1S/C82H111N17O18S/c1-115-79(112)60(40-47-118-2)92-74(107)65-34-20-45-98(65)78(111)66-35-21-46-99(66)77(110)62(49-53-24-9-4-10-25-53)94-71(104)61(48-52-22-7-3-8-23-52)93-70(103)56(36-38-67(83)100)89-69(102)57(37-39-68(84)101)90-72(105)63-32-18-43-96(63)75(108)58(30-15-16-41-88-81(113)116-50-54-26-11-5-12-27-54)91-73(106)64-33-19-44-97(64)76(109)59(31-17-42-87-80(85)86)95-82(114)117-51-55-28-13-6-14-29-55/h3-14,22-29,56-66H,15-21,30-51H2,1-2H3,(H2,83,100)(H2,84,101)(H,88,113)(H,89,102)(H,90,105)(H,91,106)(H,92,107)(H,93,103)(H,94,104)(H,95,114)(H4,85,86,87)/t56-,57-,58+,59+,60-,61-,62-,63-,64+,65-,66+/m0/s1. The van der Waals surface area contributed by atoms with E-state index < -0.39 is 181 Å². The monoisotopic (exact) mass is 1650 g/mol. The van der Waals surface area contributed by atoms with Gasteiger partial charge < -0.3 is 99.3 Å². The Kier molecular flexibility index (Phi) is 36.8. The number of thioether (sulfide) groups is 1. The molecule has 8 rings (SSSR count). The normalized spacial score (nSPS) is 17.9. The highest BCUT2D eigenvalue weighted by Gasteiger charge is 2.47. The summed E-state index contributed by atoms with van der Waals surface area (Å²) < 4.78 is 15.8. The average molecular weight is 1650 g/mol. The zero-order chi connectivity index (χ0) is 85.0. The summed E-state index contributed by atoms with van der Waals surface area (Å²) in [6.07, 6.45) is 1.25. The number of aliphatic imine (C=N–C) groups is 1. The molecular weight excluding hydrogens is 1540 g/mol. The van der Waals surface area contributed by atoms with Gasteiger partial charge in [-0.25, -0.2) is 14.4 Å². The van der Waals surface area contributed by atoms with Crippen LogP contribution >= 0.6 is 11.8 Å². The van der Waals surface area contributed by atoms with E-state index >= 15 is 14.4 Å². The SMILES string of the molecule is COC(=O)[C@H](CCSC)NC(=O)[C@@H]1CCCN1C(=O)[C@H]1CCCN1C(=O)[C@H](Cc1ccccc1)NC(=O)[C@H](Cc1ccccc1)NC(=O)[C@H](CCC(N)=O)NC(=O)[C@H](CCC(N)=O)NC(=O)[C@@H]1CCCN1C(=O)[C@@H](CCCCNC(=O)OCc1ccccc1)NC(=O)[C@H]1CCCN1C(=O)[C@@H](CCCN=C(N)N)NC(=O)OCc1ccccc1. The van der Waals surface area contributed by atoms with Crippen molar-refractivity contribution in [1.82, 2.24) is 62.1 Å². The van der Waals surface area contributed by atoms with Crippen LogP contribution in [0.3, 0.4) is 0 Å². The average Bonchev–Trinajstić information content (AvgIpc) is 1.64. The number of esters is 1. The number of amides is 14. The van der Waals surface area contributed by atoms with Crippen LogP contribution < -0.4 is 65.5 Å². The minimum absolute atomic E-state index is 0.00486. The van der Waals surface area contributed by atoms with Crippen LogP contribution in [0.2, 0.25) is 0 Å². The van der Waals surface area contributed by atoms with Gasteiger partial charge in [-0.1, -0.05) is 121 Å². The number of primary amides is 2. The highest BCUT2D eigenvalue weighted by Crippen LogP contribution is 2.29. The van der Waals surface area contributed by atoms with Crippen molar-refractivity contribution in [2.45, 2.75) is 208 Å². The van der Waals surface area contributed by atoms with Crippen molar-refractivity contribution >= 4 is 107 Å². The number of benzene rings is 4. The van der Waals surface area contributed by atoms with Crippen LogP contribution in [0, 0.1) is 0 Å². The molecule has 14 amide bonds. The molecule has 0 unspecified atom stereocenters. The maximum absolute atomic E-state index is 15.2. The van der Waals surface area contributed by atoms with Gasteiger partial charge in [0, 0.05) is 65.0 Å². The molecule has 35 nitrogen and oxygen atoms in total. The minimum Gasteiger partial charge on any atom is -0.467 e. The van der Waals surface area contributed by atoms with E-state index in [2.05, 4.69) is 47.5 Å². The first kappa shape index (κ1) is 91.7. The Hall–Kier alpha value is -11.9. The van der Waals surface area contributed by atoms with E-state index in [-0.39, 0.29) is 135 Å². The molecule has 4 aromatic carbocycles. The summed E-state index contributed by atoms with van der Waals surface area (Å²) in [6.45, 7) is 0.476. The van der Waals surface area contributed by atoms with Crippen LogP contribution in [0.4, 0.5) is 9.59 Å². The Morgan fingerprint density at radius 2 is 0.814 bits per heavy atom. The summed E-state index contributed by atoms with van der Waals surface area (Å²) in [5.74, 6) is -9.60. The molecule has 4 aliphatic rings. The first-order chi connectivity index (χ1) is 56.8. The van der Waals surface area contributed by atoms with E-state index in [1.807, 2.05) is 12.3 Å². The highest BCUT2D eigenvalue weighted by atomic mass is 32.2. The van der Waals surface area contributed by atoms with Crippen molar-refractivity contribution in [3.8, 4) is 0 Å². The van der Waals surface area contributed by atoms with E-state index in [9.17, 15) is 57.5 Å². The number of nitrogens with one attached hydrogen (secondary N) is 8. The van der Waals surface area contributed by atoms with Crippen molar-refractivity contribution in [3.63, 3.8) is 0 Å². The molecule has 0 aliphatic carbocycles. The van der Waals surface area contributed by atoms with Gasteiger partial charge in [0.05, 0.1) is 7.11 Å². The quantitative estimate of drug-likeness (QED) is 0.00974. The molecule has 638 valence electrons. The second kappa shape index (κ2) is 47.4. The molecule has 4 heterocycles. The van der Waals surface area contributed by atoms with Gasteiger partial charge in [0.1, 0.15) is 79.7 Å². The largest absolute Gasteiger partial charge is 0.467 e. The number of carbonyl (C=O) groups excluding carboxylic acids is 15. The van der Waals surface area contributed by atoms with Crippen molar-refractivity contribution in [2.24, 2.45) is 27.9 Å². The molecule has 0 spiro atoms. The fourth-order valence-corrected chi connectivity index (χ4v) is 15.3. The van der Waals surface area contributed by atoms with Crippen molar-refractivity contribution in [3.05, 3.63) is 144 Å². The number of ether oxygens (including phenoxy) is 3. The summed E-state index contributed by atoms with van der Waals surface area (Å²) in [5, 5.41) is 21.8. The fraction of sp³-hybridized carbons (Fsp3) is 0.512. The summed E-state index contributed by atoms with van der Waals surface area (Å²) in [4.78, 5) is 222. The van der Waals surface area contributed by atoms with Crippen LogP contribution in [0.5, 0.6) is 0 Å². The summed E-state index contributed by atoms with van der Waals surface area (Å²) in [6, 6.07) is 20.9. The summed E-state index contributed by atoms with van der Waals surface area (Å²) in [7, 11) is 1.22. The van der Waals surface area contributed by atoms with Gasteiger partial charge in [-0.2, -0.15) is 11.8 Å². The summed E-state index contributed by atoms with van der Waals surface area (Å²) >= 11 is 1.48. The number of carbonyl (C=O) groups is 15. The number of rotatable bonds is 44. The van der Waals surface area contributed by atoms with E-state index in [4.69, 9.17) is 37.1 Å². The van der Waals surface area contributed by atoms with Crippen LogP contribution in [0.15, 0.2) is 126 Å². The van der Waals surface area contributed by atoms with Crippen LogP contribution in [-0.4, -0.2) is 239 Å². The Morgan fingerprint density at radius 3 is 1.31 bits per heavy atom. The molecule has 0 aromatic heterocycles. The van der Waals surface area contributed by atoms with Crippen LogP contribution in [0.25, 0.3) is 0 Å². The third-order valence-electron chi connectivity index (χ3n) is 21.0. The lowest BCUT2D eigenvalue weighted by molar-refractivity contribution is -0.149. The lowest BCUT2D eigenvalue weighted by Gasteiger charge is -2.33. The zero-order valence-corrected chi connectivity index (χ0v) is 67.5. The smallest absolute Gasteiger partial charge is 0.408 e. The molecule has 118 heavy (non-hydrogen) atoms. The number of unbranched alkanes of at least 4 members (excludes halogenated alkanes) is 1. The minimum atomic E-state index is -1.69. The molecule has 16 N–H and O–H groups in total. The number of nitrogens with zero attached hydrogens (tertiary/aromatic N) is 5. The van der Waals surface area contributed by atoms with Gasteiger partial charge in [0.25, 0.3) is 0 Å². The number of nitrogens with two attached hydrogens (primary N) is 4. The van der Waals surface area contributed by atoms with Crippen molar-refractivity contribution in [1.29, 1.82) is 0 Å². The molecular formula is C82H111N17O18S. The molecule has 0 bridgehead atoms. The number of alkyl carbamates (subject to hydrolysis) is 2. The molecule has 4 aliphatic heterocycles. The van der Waals surface area contributed by atoms with E-state index in [1.165, 1.54) is 38.5 Å². The number of hydrogen-bond donors (Lipinski definition) is 12. The number of likely N-dealkylation sites (tertiary alicyclic amines) is 4. The molecule has 4 fully saturated rings. The second-order valence-electron chi connectivity index (χ2n) is 29.5. The molecule has 36 heteroatoms. The number of methoxy groups -OCH3 is 1. The topological polar surface area (TPSA) is 509 Å². The van der Waals surface area contributed by atoms with Crippen LogP contribution in [0.1, 0.15) is 138 Å². The Bertz CT molecular complexity index is 4110. The van der Waals surface area contributed by atoms with Crippen LogP contribution in [-0.2, 0) is 103 Å². The number of hydrogen-bond acceptors (Lipinski definition) is 20. The lowest BCUT2D eigenvalue weighted by Crippen LogP contribution is -2.61. The Labute approximate surface area is 689 Å². The third-order valence-corrected chi connectivity index (χ3v) is 21.6. The second-order valence-corrected chi connectivity index (χ2v) is 30.5. The fourth-order valence-electron chi connectivity index (χ4n) is 14.8. The predicted molar refractivity (Wildman–Crippen MR) is 435 cm³/mol. The van der Waals surface area contributed by atoms with Crippen molar-refractivity contribution in [2.75, 3.05) is 58.4 Å². The number of guanidine groups is 1. The molecule has 11 atom stereocenters. The van der Waals surface area contributed by atoms with Gasteiger partial charge in [-0.05, 0) is 137 Å². The van der Waals surface area contributed by atoms with Gasteiger partial charge in [-0.15, -0.1) is 0 Å². The molecule has 0 saturated carbocycles.